The van der Waals surface area contributed by atoms with E-state index in [0.717, 1.165) is 30.3 Å². The lowest BCUT2D eigenvalue weighted by Gasteiger charge is -1.94. The van der Waals surface area contributed by atoms with Crippen molar-refractivity contribution in [3.05, 3.63) is 17.7 Å². The quantitative estimate of drug-likeness (QED) is 0.677. The molecule has 0 aliphatic rings. The Hall–Kier alpha value is -0.480. The highest BCUT2D eigenvalue weighted by Gasteiger charge is 1.97. The van der Waals surface area contributed by atoms with Crippen molar-refractivity contribution in [2.75, 3.05) is 12.3 Å². The summed E-state index contributed by atoms with van der Waals surface area (Å²) in [4.78, 5) is 7.49. The van der Waals surface area contributed by atoms with Crippen LogP contribution in [0.25, 0.3) is 0 Å². The Kier molecular flexibility index (Phi) is 4.18. The molecule has 4 heteroatoms. The zero-order chi connectivity index (χ0) is 8.81. The van der Waals surface area contributed by atoms with Gasteiger partial charge in [0, 0.05) is 24.2 Å². The third-order valence-corrected chi connectivity index (χ3v) is 2.56. The maximum atomic E-state index is 5.37. The molecule has 0 aliphatic carbocycles. The van der Waals surface area contributed by atoms with Crippen LogP contribution in [0.15, 0.2) is 6.20 Å². The molecule has 0 radical (unpaired) electrons. The molecule has 3 N–H and O–H groups in total. The van der Waals surface area contributed by atoms with Crippen molar-refractivity contribution in [1.82, 2.24) is 9.97 Å². The first kappa shape index (κ1) is 9.61. The van der Waals surface area contributed by atoms with E-state index in [1.54, 1.807) is 0 Å². The molecule has 0 aliphatic heterocycles. The van der Waals surface area contributed by atoms with Gasteiger partial charge in [-0.2, -0.15) is 11.8 Å². The van der Waals surface area contributed by atoms with Crippen LogP contribution in [0.4, 0.5) is 0 Å². The molecule has 0 unspecified atom stereocenters. The van der Waals surface area contributed by atoms with Gasteiger partial charge in [-0.05, 0) is 6.42 Å². The van der Waals surface area contributed by atoms with Crippen LogP contribution in [0.5, 0.6) is 0 Å². The number of aryl methyl sites for hydroxylation is 1. The average Bonchev–Trinajstić information content (AvgIpc) is 2.53. The number of rotatable bonds is 5. The van der Waals surface area contributed by atoms with E-state index in [4.69, 9.17) is 5.73 Å². The second kappa shape index (κ2) is 5.22. The van der Waals surface area contributed by atoms with Gasteiger partial charge in [0.2, 0.25) is 0 Å². The fourth-order valence-electron chi connectivity index (χ4n) is 0.911. The van der Waals surface area contributed by atoms with Gasteiger partial charge in [-0.25, -0.2) is 4.98 Å². The first-order valence-electron chi connectivity index (χ1n) is 4.17. The number of nitrogens with one attached hydrogen (secondary N) is 1. The molecular weight excluding hydrogens is 170 g/mol. The van der Waals surface area contributed by atoms with Gasteiger partial charge in [-0.3, -0.25) is 0 Å². The summed E-state index contributed by atoms with van der Waals surface area (Å²) in [5.74, 6) is 3.00. The molecule has 0 saturated carbocycles. The summed E-state index contributed by atoms with van der Waals surface area (Å²) >= 11 is 1.81. The monoisotopic (exact) mass is 185 g/mol. The summed E-state index contributed by atoms with van der Waals surface area (Å²) in [5, 5.41) is 0. The predicted octanol–water partition coefficient (Wildman–Crippen LogP) is 1.16. The van der Waals surface area contributed by atoms with E-state index < -0.39 is 0 Å². The van der Waals surface area contributed by atoms with Crippen LogP contribution >= 0.6 is 11.8 Å². The molecule has 0 aromatic carbocycles. The minimum Gasteiger partial charge on any atom is -0.345 e. The van der Waals surface area contributed by atoms with Crippen molar-refractivity contribution in [2.24, 2.45) is 5.73 Å². The first-order chi connectivity index (χ1) is 5.86. The first-order valence-corrected chi connectivity index (χ1v) is 5.32. The van der Waals surface area contributed by atoms with Crippen molar-refractivity contribution in [3.63, 3.8) is 0 Å². The van der Waals surface area contributed by atoms with Crippen LogP contribution in [-0.4, -0.2) is 22.3 Å². The fourth-order valence-corrected chi connectivity index (χ4v) is 1.56. The van der Waals surface area contributed by atoms with Crippen LogP contribution in [0.2, 0.25) is 0 Å². The minimum absolute atomic E-state index is 0.742. The van der Waals surface area contributed by atoms with Crippen LogP contribution in [0.1, 0.15) is 18.4 Å². The van der Waals surface area contributed by atoms with Gasteiger partial charge in [0.25, 0.3) is 0 Å². The second-order valence-electron chi connectivity index (χ2n) is 2.55. The highest BCUT2D eigenvalue weighted by molar-refractivity contribution is 7.98. The Morgan fingerprint density at radius 2 is 2.50 bits per heavy atom. The molecule has 0 fully saturated rings. The summed E-state index contributed by atoms with van der Waals surface area (Å²) in [6.07, 6.45) is 2.92. The zero-order valence-electron chi connectivity index (χ0n) is 7.34. The summed E-state index contributed by atoms with van der Waals surface area (Å²) in [6.45, 7) is 2.86. The molecule has 1 aromatic heterocycles. The molecule has 68 valence electrons. The molecule has 0 spiro atoms. The third kappa shape index (κ3) is 2.87. The maximum absolute atomic E-state index is 5.37. The Morgan fingerprint density at radius 1 is 1.67 bits per heavy atom. The number of hydrogen-bond donors (Lipinski definition) is 2. The molecule has 12 heavy (non-hydrogen) atoms. The Balaban J connectivity index is 2.31. The van der Waals surface area contributed by atoms with Gasteiger partial charge in [0.15, 0.2) is 0 Å². The van der Waals surface area contributed by atoms with Gasteiger partial charge in [0.1, 0.15) is 5.82 Å². The standard InChI is InChI=1S/C8H15N3S/c1-2-7-5-10-8(11-7)6-12-4-3-9/h5H,2-4,6,9H2,1H3,(H,10,11). The molecule has 0 atom stereocenters. The lowest BCUT2D eigenvalue weighted by Crippen LogP contribution is -2.01. The molecular formula is C8H15N3S. The zero-order valence-corrected chi connectivity index (χ0v) is 8.16. The summed E-state index contributed by atoms with van der Waals surface area (Å²) < 4.78 is 0. The average molecular weight is 185 g/mol. The Labute approximate surface area is 77.1 Å². The lowest BCUT2D eigenvalue weighted by molar-refractivity contribution is 1.03. The smallest absolute Gasteiger partial charge is 0.116 e. The minimum atomic E-state index is 0.742. The normalized spacial score (nSPS) is 10.5. The number of thioether (sulfide) groups is 1. The molecule has 0 saturated heterocycles. The van der Waals surface area contributed by atoms with Crippen molar-refractivity contribution in [3.8, 4) is 0 Å². The third-order valence-electron chi connectivity index (χ3n) is 1.56. The Bertz CT molecular complexity index is 222. The molecule has 1 aromatic rings. The molecule has 0 bridgehead atoms. The lowest BCUT2D eigenvalue weighted by atomic mass is 10.4. The van der Waals surface area contributed by atoms with Crippen molar-refractivity contribution < 1.29 is 0 Å². The van der Waals surface area contributed by atoms with Gasteiger partial charge < -0.3 is 10.7 Å². The maximum Gasteiger partial charge on any atom is 0.116 e. The summed E-state index contributed by atoms with van der Waals surface area (Å²) in [6, 6.07) is 0. The van der Waals surface area contributed by atoms with Gasteiger partial charge in [-0.1, -0.05) is 6.92 Å². The number of nitrogens with two attached hydrogens (primary N) is 1. The second-order valence-corrected chi connectivity index (χ2v) is 3.66. The molecule has 3 nitrogen and oxygen atoms in total. The highest BCUT2D eigenvalue weighted by atomic mass is 32.2. The van der Waals surface area contributed by atoms with Gasteiger partial charge in [0.05, 0.1) is 5.75 Å². The number of H-pyrrole nitrogens is 1. The van der Waals surface area contributed by atoms with E-state index in [1.165, 1.54) is 5.69 Å². The predicted molar refractivity (Wildman–Crippen MR) is 53.2 cm³/mol. The van der Waals surface area contributed by atoms with Crippen molar-refractivity contribution in [1.29, 1.82) is 0 Å². The van der Waals surface area contributed by atoms with E-state index in [2.05, 4.69) is 16.9 Å². The number of aromatic amines is 1. The number of hydrogen-bond acceptors (Lipinski definition) is 3. The Morgan fingerprint density at radius 3 is 3.08 bits per heavy atom. The summed E-state index contributed by atoms with van der Waals surface area (Å²) in [7, 11) is 0. The van der Waals surface area contributed by atoms with Crippen molar-refractivity contribution >= 4 is 11.8 Å². The van der Waals surface area contributed by atoms with Crippen LogP contribution in [0.3, 0.4) is 0 Å². The van der Waals surface area contributed by atoms with Crippen LogP contribution < -0.4 is 5.73 Å². The number of aromatic nitrogens is 2. The van der Waals surface area contributed by atoms with Crippen molar-refractivity contribution in [2.45, 2.75) is 19.1 Å². The number of imidazole rings is 1. The topological polar surface area (TPSA) is 54.7 Å². The van der Waals surface area contributed by atoms with E-state index >= 15 is 0 Å². The van der Waals surface area contributed by atoms with E-state index in [9.17, 15) is 0 Å². The van der Waals surface area contributed by atoms with Gasteiger partial charge in [-0.15, -0.1) is 0 Å². The molecule has 1 rings (SSSR count). The largest absolute Gasteiger partial charge is 0.345 e. The summed E-state index contributed by atoms with van der Waals surface area (Å²) in [5.41, 5.74) is 6.58. The van der Waals surface area contributed by atoms with E-state index in [0.29, 0.717) is 0 Å². The highest BCUT2D eigenvalue weighted by Crippen LogP contribution is 2.08. The SMILES string of the molecule is CCc1cnc(CSCCN)[nH]1. The number of nitrogens with zero attached hydrogens (tertiary/aromatic N) is 1. The van der Waals surface area contributed by atoms with Crippen LogP contribution in [0, 0.1) is 0 Å². The van der Waals surface area contributed by atoms with E-state index in [-0.39, 0.29) is 0 Å². The molecule has 0 amide bonds. The van der Waals surface area contributed by atoms with Gasteiger partial charge >= 0.3 is 0 Å². The fraction of sp³-hybridized carbons (Fsp3) is 0.625. The van der Waals surface area contributed by atoms with E-state index in [1.807, 2.05) is 18.0 Å². The molecule has 1 heterocycles. The van der Waals surface area contributed by atoms with Crippen LogP contribution in [-0.2, 0) is 12.2 Å².